The Kier molecular flexibility index (Phi) is 10.6. The standard InChI is InChI=1S/C24H22N6.C3H8.2C2H6/c1-4-15(3)29-12-18(13-29)30-11-17(10-25)19-9-16(6-8-21(19)30)22-14(2)5-7-20-23(22)24(26)28-27-20;1-3-2;2*1-2/h4-9,11,18H,1,3,12-13H2,2H3,(H3,26,27,28);3H2,1-2H3;2*1-2H3. The summed E-state index contributed by atoms with van der Waals surface area (Å²) in [5.74, 6) is 0.485. The van der Waals surface area contributed by atoms with Crippen LogP contribution in [0.3, 0.4) is 0 Å². The highest BCUT2D eigenvalue weighted by Crippen LogP contribution is 2.38. The van der Waals surface area contributed by atoms with Crippen LogP contribution in [-0.2, 0) is 0 Å². The molecule has 3 N–H and O–H groups in total. The van der Waals surface area contributed by atoms with Gasteiger partial charge in [0.25, 0.3) is 0 Å². The molecule has 0 unspecified atom stereocenters. The van der Waals surface area contributed by atoms with Crippen molar-refractivity contribution in [2.24, 2.45) is 0 Å². The Morgan fingerprint density at radius 3 is 2.43 bits per heavy atom. The zero-order valence-electron chi connectivity index (χ0n) is 23.5. The molecule has 3 heterocycles. The van der Waals surface area contributed by atoms with E-state index < -0.39 is 0 Å². The Bertz CT molecular complexity index is 1390. The molecule has 2 aromatic carbocycles. The highest BCUT2D eigenvalue weighted by Gasteiger charge is 2.29. The summed E-state index contributed by atoms with van der Waals surface area (Å²) in [5.41, 5.74) is 12.9. The van der Waals surface area contributed by atoms with Crippen molar-refractivity contribution in [3.63, 3.8) is 0 Å². The van der Waals surface area contributed by atoms with Gasteiger partial charge >= 0.3 is 0 Å². The van der Waals surface area contributed by atoms with Crippen molar-refractivity contribution in [1.82, 2.24) is 19.7 Å². The van der Waals surface area contributed by atoms with Crippen LogP contribution in [0.25, 0.3) is 32.9 Å². The lowest BCUT2D eigenvalue weighted by molar-refractivity contribution is 0.158. The third-order valence-electron chi connectivity index (χ3n) is 6.11. The van der Waals surface area contributed by atoms with Crippen molar-refractivity contribution in [2.75, 3.05) is 18.8 Å². The van der Waals surface area contributed by atoms with Gasteiger partial charge in [-0.1, -0.05) is 73.3 Å². The zero-order chi connectivity index (χ0) is 27.7. The van der Waals surface area contributed by atoms with Crippen molar-refractivity contribution >= 4 is 27.6 Å². The Balaban J connectivity index is 0.000000630. The quantitative estimate of drug-likeness (QED) is 0.279. The smallest absolute Gasteiger partial charge is 0.153 e. The van der Waals surface area contributed by atoms with Crippen LogP contribution < -0.4 is 5.73 Å². The molecule has 1 aliphatic rings. The summed E-state index contributed by atoms with van der Waals surface area (Å²) in [6, 6.07) is 13.0. The summed E-state index contributed by atoms with van der Waals surface area (Å²) in [4.78, 5) is 2.19. The first-order valence-electron chi connectivity index (χ1n) is 13.3. The second-order valence-electron chi connectivity index (χ2n) is 8.54. The maximum atomic E-state index is 9.76. The Labute approximate surface area is 222 Å². The molecule has 6 heteroatoms. The highest BCUT2D eigenvalue weighted by molar-refractivity contribution is 6.04. The molecule has 0 saturated carbocycles. The number of hydrogen-bond acceptors (Lipinski definition) is 4. The minimum absolute atomic E-state index is 0.312. The van der Waals surface area contributed by atoms with Crippen LogP contribution in [0.4, 0.5) is 5.82 Å². The number of aromatic amines is 1. The number of fused-ring (bicyclic) bond motifs is 2. The molecule has 0 bridgehead atoms. The fourth-order valence-corrected chi connectivity index (χ4v) is 4.41. The number of nitriles is 1. The monoisotopic (exact) mass is 498 g/mol. The van der Waals surface area contributed by atoms with Gasteiger partial charge in [0.2, 0.25) is 0 Å². The van der Waals surface area contributed by atoms with Gasteiger partial charge in [-0.25, -0.2) is 0 Å². The number of nitrogens with two attached hydrogens (primary N) is 1. The van der Waals surface area contributed by atoms with Gasteiger partial charge in [0.1, 0.15) is 6.07 Å². The van der Waals surface area contributed by atoms with Crippen molar-refractivity contribution < 1.29 is 0 Å². The van der Waals surface area contributed by atoms with Crippen LogP contribution in [0, 0.1) is 18.3 Å². The van der Waals surface area contributed by atoms with Crippen molar-refractivity contribution in [3.05, 3.63) is 72.6 Å². The number of anilines is 1. The van der Waals surface area contributed by atoms with Gasteiger partial charge in [0, 0.05) is 35.9 Å². The van der Waals surface area contributed by atoms with E-state index in [0.29, 0.717) is 17.4 Å². The van der Waals surface area contributed by atoms with Crippen LogP contribution >= 0.6 is 0 Å². The van der Waals surface area contributed by atoms with E-state index in [1.165, 1.54) is 6.42 Å². The van der Waals surface area contributed by atoms with Crippen LogP contribution in [0.2, 0.25) is 0 Å². The summed E-state index contributed by atoms with van der Waals surface area (Å²) in [5, 5.41) is 18.8. The van der Waals surface area contributed by atoms with Crippen molar-refractivity contribution in [3.8, 4) is 17.2 Å². The SMILES string of the molecule is C=CC(=C)N1CC(n2cc(C#N)c3cc(-c4c(C)ccc5[nH]nc(N)c45)ccc32)C1.CC.CC.CCC. The summed E-state index contributed by atoms with van der Waals surface area (Å²) in [7, 11) is 0. The predicted octanol–water partition coefficient (Wildman–Crippen LogP) is 7.97. The third kappa shape index (κ3) is 5.72. The number of nitrogens with zero attached hydrogens (tertiary/aromatic N) is 4. The number of likely N-dealkylation sites (tertiary alicyclic amines) is 1. The minimum Gasteiger partial charge on any atom is -0.382 e. The minimum atomic E-state index is 0.312. The van der Waals surface area contributed by atoms with Gasteiger partial charge in [-0.05, 0) is 47.9 Å². The fraction of sp³-hybridized carbons (Fsp3) is 0.355. The molecule has 5 rings (SSSR count). The molecule has 2 aromatic heterocycles. The molecule has 6 nitrogen and oxygen atoms in total. The van der Waals surface area contributed by atoms with Gasteiger partial charge in [0.15, 0.2) is 5.82 Å². The molecule has 1 saturated heterocycles. The Morgan fingerprint density at radius 2 is 1.84 bits per heavy atom. The maximum absolute atomic E-state index is 9.76. The van der Waals surface area contributed by atoms with Gasteiger partial charge in [-0.2, -0.15) is 10.4 Å². The van der Waals surface area contributed by atoms with E-state index in [1.807, 2.05) is 40.0 Å². The molecular formula is C31H42N6. The number of allylic oxidation sites excluding steroid dienone is 1. The molecule has 1 aliphatic heterocycles. The first-order chi connectivity index (χ1) is 17.9. The van der Waals surface area contributed by atoms with E-state index in [4.69, 9.17) is 5.73 Å². The number of H-pyrrole nitrogens is 1. The number of aromatic nitrogens is 3. The van der Waals surface area contributed by atoms with E-state index in [-0.39, 0.29) is 0 Å². The lowest BCUT2D eigenvalue weighted by Crippen LogP contribution is -2.46. The first kappa shape index (κ1) is 29.3. The summed E-state index contributed by atoms with van der Waals surface area (Å²) in [6.45, 7) is 23.9. The van der Waals surface area contributed by atoms with Gasteiger partial charge in [0.05, 0.1) is 22.5 Å². The van der Waals surface area contributed by atoms with Crippen molar-refractivity contribution in [1.29, 1.82) is 5.26 Å². The number of hydrogen-bond donors (Lipinski definition) is 2. The van der Waals surface area contributed by atoms with Gasteiger partial charge in [-0.15, -0.1) is 0 Å². The molecule has 0 atom stereocenters. The maximum Gasteiger partial charge on any atom is 0.153 e. The number of nitrogen functional groups attached to an aromatic ring is 1. The largest absolute Gasteiger partial charge is 0.382 e. The molecule has 4 aromatic rings. The molecule has 0 spiro atoms. The predicted molar refractivity (Wildman–Crippen MR) is 159 cm³/mol. The average molecular weight is 499 g/mol. The number of benzene rings is 2. The first-order valence-corrected chi connectivity index (χ1v) is 13.3. The fourth-order valence-electron chi connectivity index (χ4n) is 4.41. The lowest BCUT2D eigenvalue weighted by atomic mass is 9.95. The topological polar surface area (TPSA) is 86.7 Å². The molecule has 37 heavy (non-hydrogen) atoms. The van der Waals surface area contributed by atoms with Gasteiger partial charge < -0.3 is 15.2 Å². The number of nitrogens with one attached hydrogen (secondary N) is 1. The normalized spacial score (nSPS) is 12.2. The van der Waals surface area contributed by atoms with E-state index in [0.717, 1.165) is 57.3 Å². The van der Waals surface area contributed by atoms with Crippen LogP contribution in [0.15, 0.2) is 61.5 Å². The summed E-state index contributed by atoms with van der Waals surface area (Å²) >= 11 is 0. The Morgan fingerprint density at radius 1 is 1.19 bits per heavy atom. The van der Waals surface area contributed by atoms with Crippen LogP contribution in [0.1, 0.15) is 65.1 Å². The number of rotatable bonds is 4. The van der Waals surface area contributed by atoms with Crippen LogP contribution in [0.5, 0.6) is 0 Å². The van der Waals surface area contributed by atoms with Gasteiger partial charge in [-0.3, -0.25) is 5.10 Å². The van der Waals surface area contributed by atoms with Crippen LogP contribution in [-0.4, -0.2) is 32.8 Å². The van der Waals surface area contributed by atoms with E-state index in [2.05, 4.69) is 83.9 Å². The average Bonchev–Trinajstić information content (AvgIpc) is 3.46. The van der Waals surface area contributed by atoms with E-state index in [1.54, 1.807) is 6.08 Å². The summed E-state index contributed by atoms with van der Waals surface area (Å²) in [6.07, 6.45) is 4.99. The summed E-state index contributed by atoms with van der Waals surface area (Å²) < 4.78 is 2.21. The molecule has 0 aliphatic carbocycles. The van der Waals surface area contributed by atoms with E-state index >= 15 is 0 Å². The molecular weight excluding hydrogens is 456 g/mol. The molecule has 196 valence electrons. The Hall–Kier alpha value is -3.98. The third-order valence-corrected chi connectivity index (χ3v) is 6.11. The van der Waals surface area contributed by atoms with Crippen molar-refractivity contribution in [2.45, 2.75) is 60.9 Å². The van der Waals surface area contributed by atoms with E-state index in [9.17, 15) is 5.26 Å². The molecule has 0 radical (unpaired) electrons. The highest BCUT2D eigenvalue weighted by atomic mass is 15.3. The second kappa shape index (κ2) is 13.4. The molecule has 1 fully saturated rings. The second-order valence-corrected chi connectivity index (χ2v) is 8.54. The number of aryl methyl sites for hydroxylation is 1. The lowest BCUT2D eigenvalue weighted by Gasteiger charge is -2.42. The zero-order valence-corrected chi connectivity index (χ0v) is 23.5. The molecule has 0 amide bonds.